The highest BCUT2D eigenvalue weighted by molar-refractivity contribution is 5.44. The molecule has 0 radical (unpaired) electrons. The Morgan fingerprint density at radius 2 is 1.75 bits per heavy atom. The van der Waals surface area contributed by atoms with Crippen LogP contribution in [0.2, 0.25) is 0 Å². The second-order valence-corrected chi connectivity index (χ2v) is 6.29. The van der Waals surface area contributed by atoms with Gasteiger partial charge in [-0.25, -0.2) is 0 Å². The Kier molecular flexibility index (Phi) is 4.83. The second kappa shape index (κ2) is 7.01. The third-order valence-electron chi connectivity index (χ3n) is 4.74. The number of fused-ring (bicyclic) bond motifs is 1. The first-order valence-electron chi connectivity index (χ1n) is 8.30. The van der Waals surface area contributed by atoms with Gasteiger partial charge in [0.25, 0.3) is 0 Å². The lowest BCUT2D eigenvalue weighted by atomic mass is 9.85. The molecule has 1 fully saturated rings. The first-order chi connectivity index (χ1) is 9.92. The molecule has 2 nitrogen and oxygen atoms in total. The fourth-order valence-electron chi connectivity index (χ4n) is 3.51. The SMILES string of the molecule is c1cc2c(cc1CCCCCC1CCCCC1)OCO2. The van der Waals surface area contributed by atoms with E-state index in [-0.39, 0.29) is 0 Å². The number of hydrogen-bond donors (Lipinski definition) is 0. The van der Waals surface area contributed by atoms with E-state index in [0.717, 1.165) is 17.4 Å². The number of unbranched alkanes of at least 4 members (excludes halogenated alkanes) is 2. The standard InChI is InChI=1S/C18H26O2/c1-3-7-15(8-4-1)9-5-2-6-10-16-11-12-17-18(13-16)20-14-19-17/h11-13,15H,1-10,14H2. The summed E-state index contributed by atoms with van der Waals surface area (Å²) in [6, 6.07) is 6.36. The van der Waals surface area contributed by atoms with Crippen molar-refractivity contribution in [1.82, 2.24) is 0 Å². The topological polar surface area (TPSA) is 18.5 Å². The molecule has 2 heteroatoms. The third kappa shape index (κ3) is 3.68. The maximum Gasteiger partial charge on any atom is 0.231 e. The Balaban J connectivity index is 1.33. The van der Waals surface area contributed by atoms with E-state index in [1.54, 1.807) is 0 Å². The number of rotatable bonds is 6. The van der Waals surface area contributed by atoms with Crippen molar-refractivity contribution in [2.45, 2.75) is 64.2 Å². The fraction of sp³-hybridized carbons (Fsp3) is 0.667. The summed E-state index contributed by atoms with van der Waals surface area (Å²) in [5.74, 6) is 2.85. The normalized spacial score (nSPS) is 18.4. The number of ether oxygens (including phenoxy) is 2. The van der Waals surface area contributed by atoms with Gasteiger partial charge in [-0.2, -0.15) is 0 Å². The zero-order valence-electron chi connectivity index (χ0n) is 12.4. The molecular formula is C18H26O2. The number of aryl methyl sites for hydroxylation is 1. The zero-order valence-corrected chi connectivity index (χ0v) is 12.4. The number of benzene rings is 1. The van der Waals surface area contributed by atoms with Gasteiger partial charge in [-0.1, -0.05) is 57.4 Å². The van der Waals surface area contributed by atoms with E-state index in [2.05, 4.69) is 12.1 Å². The van der Waals surface area contributed by atoms with Gasteiger partial charge < -0.3 is 9.47 Å². The molecule has 0 spiro atoms. The van der Waals surface area contributed by atoms with Crippen LogP contribution in [0.25, 0.3) is 0 Å². The van der Waals surface area contributed by atoms with E-state index >= 15 is 0 Å². The Morgan fingerprint density at radius 1 is 0.900 bits per heavy atom. The van der Waals surface area contributed by atoms with Crippen LogP contribution >= 0.6 is 0 Å². The van der Waals surface area contributed by atoms with Crippen molar-refractivity contribution >= 4 is 0 Å². The first-order valence-corrected chi connectivity index (χ1v) is 8.30. The van der Waals surface area contributed by atoms with Crippen molar-refractivity contribution in [1.29, 1.82) is 0 Å². The minimum absolute atomic E-state index is 0.375. The van der Waals surface area contributed by atoms with Gasteiger partial charge in [0.1, 0.15) is 0 Å². The summed E-state index contributed by atoms with van der Waals surface area (Å²) >= 11 is 0. The molecule has 0 aromatic heterocycles. The molecule has 0 atom stereocenters. The molecule has 3 rings (SSSR count). The van der Waals surface area contributed by atoms with Crippen LogP contribution in [0.3, 0.4) is 0 Å². The average molecular weight is 274 g/mol. The third-order valence-corrected chi connectivity index (χ3v) is 4.74. The fourth-order valence-corrected chi connectivity index (χ4v) is 3.51. The molecule has 1 aliphatic carbocycles. The Morgan fingerprint density at radius 3 is 2.65 bits per heavy atom. The largest absolute Gasteiger partial charge is 0.454 e. The summed E-state index contributed by atoms with van der Waals surface area (Å²) in [4.78, 5) is 0. The van der Waals surface area contributed by atoms with E-state index in [0.29, 0.717) is 6.79 Å². The van der Waals surface area contributed by atoms with Crippen LogP contribution < -0.4 is 9.47 Å². The predicted octanol–water partition coefficient (Wildman–Crippen LogP) is 5.10. The Labute approximate surface area is 122 Å². The summed E-state index contributed by atoms with van der Waals surface area (Å²) in [6.45, 7) is 0.375. The zero-order chi connectivity index (χ0) is 13.6. The first kappa shape index (κ1) is 13.8. The minimum atomic E-state index is 0.375. The molecule has 0 unspecified atom stereocenters. The molecule has 1 saturated carbocycles. The molecule has 1 aromatic rings. The maximum atomic E-state index is 5.42. The molecule has 110 valence electrons. The monoisotopic (exact) mass is 274 g/mol. The van der Waals surface area contributed by atoms with Gasteiger partial charge in [-0.15, -0.1) is 0 Å². The average Bonchev–Trinajstić information content (AvgIpc) is 2.95. The summed E-state index contributed by atoms with van der Waals surface area (Å²) in [5, 5.41) is 0. The lowest BCUT2D eigenvalue weighted by molar-refractivity contribution is 0.174. The Bertz CT molecular complexity index is 421. The molecule has 1 heterocycles. The van der Waals surface area contributed by atoms with Gasteiger partial charge in [-0.3, -0.25) is 0 Å². The molecule has 20 heavy (non-hydrogen) atoms. The van der Waals surface area contributed by atoms with Crippen LogP contribution in [0.15, 0.2) is 18.2 Å². The lowest BCUT2D eigenvalue weighted by Crippen LogP contribution is -2.05. The summed E-state index contributed by atoms with van der Waals surface area (Å²) in [7, 11) is 0. The molecule has 0 saturated heterocycles. The van der Waals surface area contributed by atoms with Crippen LogP contribution in [0.1, 0.15) is 63.4 Å². The van der Waals surface area contributed by atoms with Crippen molar-refractivity contribution in [3.05, 3.63) is 23.8 Å². The molecule has 0 amide bonds. The molecule has 2 aliphatic rings. The van der Waals surface area contributed by atoms with Gasteiger partial charge in [0.15, 0.2) is 11.5 Å². The van der Waals surface area contributed by atoms with Crippen molar-refractivity contribution in [2.75, 3.05) is 6.79 Å². The van der Waals surface area contributed by atoms with Gasteiger partial charge in [0.2, 0.25) is 6.79 Å². The quantitative estimate of drug-likeness (QED) is 0.672. The van der Waals surface area contributed by atoms with Gasteiger partial charge in [0.05, 0.1) is 0 Å². The smallest absolute Gasteiger partial charge is 0.231 e. The summed E-state index contributed by atoms with van der Waals surface area (Å²) in [6.07, 6.45) is 14.1. The van der Waals surface area contributed by atoms with E-state index in [1.807, 2.05) is 6.07 Å². The van der Waals surface area contributed by atoms with Gasteiger partial charge >= 0.3 is 0 Å². The van der Waals surface area contributed by atoms with Crippen LogP contribution in [0, 0.1) is 5.92 Å². The molecule has 1 aromatic carbocycles. The molecule has 1 aliphatic heterocycles. The van der Waals surface area contributed by atoms with Crippen molar-refractivity contribution in [2.24, 2.45) is 5.92 Å². The lowest BCUT2D eigenvalue weighted by Gasteiger charge is -2.21. The molecule has 0 bridgehead atoms. The van der Waals surface area contributed by atoms with E-state index in [9.17, 15) is 0 Å². The van der Waals surface area contributed by atoms with Crippen LogP contribution in [0.4, 0.5) is 0 Å². The van der Waals surface area contributed by atoms with Crippen molar-refractivity contribution < 1.29 is 9.47 Å². The second-order valence-electron chi connectivity index (χ2n) is 6.29. The molecular weight excluding hydrogens is 248 g/mol. The van der Waals surface area contributed by atoms with E-state index in [4.69, 9.17) is 9.47 Å². The maximum absolute atomic E-state index is 5.42. The van der Waals surface area contributed by atoms with Gasteiger partial charge in [0, 0.05) is 0 Å². The van der Waals surface area contributed by atoms with Crippen LogP contribution in [-0.4, -0.2) is 6.79 Å². The van der Waals surface area contributed by atoms with E-state index in [1.165, 1.54) is 69.8 Å². The number of hydrogen-bond acceptors (Lipinski definition) is 2. The van der Waals surface area contributed by atoms with Crippen LogP contribution in [-0.2, 0) is 6.42 Å². The summed E-state index contributed by atoms with van der Waals surface area (Å²) < 4.78 is 10.8. The minimum Gasteiger partial charge on any atom is -0.454 e. The van der Waals surface area contributed by atoms with Crippen molar-refractivity contribution in [3.63, 3.8) is 0 Å². The highest BCUT2D eigenvalue weighted by Gasteiger charge is 2.14. The highest BCUT2D eigenvalue weighted by Crippen LogP contribution is 2.33. The van der Waals surface area contributed by atoms with Gasteiger partial charge in [-0.05, 0) is 36.5 Å². The molecule has 0 N–H and O–H groups in total. The predicted molar refractivity (Wildman–Crippen MR) is 81.3 cm³/mol. The summed E-state index contributed by atoms with van der Waals surface area (Å²) in [5.41, 5.74) is 1.38. The Hall–Kier alpha value is -1.18. The van der Waals surface area contributed by atoms with Crippen molar-refractivity contribution in [3.8, 4) is 11.5 Å². The van der Waals surface area contributed by atoms with Crippen LogP contribution in [0.5, 0.6) is 11.5 Å². The van der Waals surface area contributed by atoms with E-state index < -0.39 is 0 Å². The highest BCUT2D eigenvalue weighted by atomic mass is 16.7.